The summed E-state index contributed by atoms with van der Waals surface area (Å²) in [6.45, 7) is 0.471. The normalized spacial score (nSPS) is 10.8. The highest BCUT2D eigenvalue weighted by Gasteiger charge is 2.14. The number of para-hydroxylation sites is 2. The van der Waals surface area contributed by atoms with Crippen molar-refractivity contribution < 1.29 is 13.9 Å². The van der Waals surface area contributed by atoms with Gasteiger partial charge < -0.3 is 9.30 Å². The molecule has 0 fully saturated rings. The van der Waals surface area contributed by atoms with Crippen LogP contribution >= 0.6 is 0 Å². The maximum Gasteiger partial charge on any atom is 0.231 e. The molecule has 5 nitrogen and oxygen atoms in total. The fourth-order valence-electron chi connectivity index (χ4n) is 3.20. The average molecular weight is 389 g/mol. The molecule has 0 atom stereocenters. The molecule has 146 valence electrons. The van der Waals surface area contributed by atoms with Crippen LogP contribution in [-0.2, 0) is 17.8 Å². The van der Waals surface area contributed by atoms with Crippen LogP contribution < -0.4 is 10.1 Å². The smallest absolute Gasteiger partial charge is 0.231 e. The lowest BCUT2D eigenvalue weighted by atomic mass is 10.1. The maximum absolute atomic E-state index is 13.2. The van der Waals surface area contributed by atoms with Crippen molar-refractivity contribution in [2.45, 2.75) is 13.0 Å². The van der Waals surface area contributed by atoms with Crippen molar-refractivity contribution in [2.75, 3.05) is 12.4 Å². The number of halogens is 1. The highest BCUT2D eigenvalue weighted by atomic mass is 19.1. The van der Waals surface area contributed by atoms with Gasteiger partial charge in [0.05, 0.1) is 31.1 Å². The molecule has 0 aliphatic heterocycles. The van der Waals surface area contributed by atoms with Gasteiger partial charge in [-0.3, -0.25) is 10.1 Å². The minimum Gasteiger partial charge on any atom is -0.497 e. The Morgan fingerprint density at radius 3 is 2.41 bits per heavy atom. The van der Waals surface area contributed by atoms with Crippen LogP contribution in [0, 0.1) is 5.82 Å². The molecular weight excluding hydrogens is 369 g/mol. The van der Waals surface area contributed by atoms with Crippen molar-refractivity contribution in [3.8, 4) is 5.75 Å². The molecule has 3 aromatic carbocycles. The van der Waals surface area contributed by atoms with Gasteiger partial charge in [0.15, 0.2) is 0 Å². The minimum absolute atomic E-state index is 0.161. The Hall–Kier alpha value is -3.67. The highest BCUT2D eigenvalue weighted by molar-refractivity contribution is 5.93. The lowest BCUT2D eigenvalue weighted by molar-refractivity contribution is -0.115. The second kappa shape index (κ2) is 8.14. The molecule has 1 aromatic heterocycles. The van der Waals surface area contributed by atoms with Crippen LogP contribution in [-0.4, -0.2) is 22.6 Å². The van der Waals surface area contributed by atoms with Crippen LogP contribution in [0.2, 0.25) is 0 Å². The molecule has 0 aliphatic rings. The third-order valence-electron chi connectivity index (χ3n) is 4.68. The fraction of sp³-hybridized carbons (Fsp3) is 0.130. The Labute approximate surface area is 167 Å². The molecule has 1 heterocycles. The van der Waals surface area contributed by atoms with E-state index in [1.165, 1.54) is 12.1 Å². The van der Waals surface area contributed by atoms with Crippen molar-refractivity contribution in [1.29, 1.82) is 0 Å². The zero-order valence-electron chi connectivity index (χ0n) is 15.9. The monoisotopic (exact) mass is 389 g/mol. The summed E-state index contributed by atoms with van der Waals surface area (Å²) < 4.78 is 20.3. The van der Waals surface area contributed by atoms with Gasteiger partial charge in [-0.1, -0.05) is 36.4 Å². The van der Waals surface area contributed by atoms with Crippen molar-refractivity contribution >= 4 is 22.9 Å². The first kappa shape index (κ1) is 18.7. The van der Waals surface area contributed by atoms with Gasteiger partial charge in [0.2, 0.25) is 11.9 Å². The largest absolute Gasteiger partial charge is 0.497 e. The van der Waals surface area contributed by atoms with Crippen LogP contribution in [0.5, 0.6) is 5.75 Å². The number of imidazole rings is 1. The summed E-state index contributed by atoms with van der Waals surface area (Å²) in [7, 11) is 1.60. The predicted molar refractivity (Wildman–Crippen MR) is 111 cm³/mol. The van der Waals surface area contributed by atoms with E-state index in [4.69, 9.17) is 4.74 Å². The van der Waals surface area contributed by atoms with Gasteiger partial charge >= 0.3 is 0 Å². The summed E-state index contributed by atoms with van der Waals surface area (Å²) in [5.74, 6) is 0.771. The number of aromatic nitrogens is 2. The number of hydrogen-bond acceptors (Lipinski definition) is 3. The van der Waals surface area contributed by atoms with E-state index in [0.29, 0.717) is 12.5 Å². The number of methoxy groups -OCH3 is 1. The third kappa shape index (κ3) is 4.27. The van der Waals surface area contributed by atoms with Gasteiger partial charge in [-0.15, -0.1) is 0 Å². The van der Waals surface area contributed by atoms with Crippen LogP contribution in [0.4, 0.5) is 10.3 Å². The number of carbonyl (C=O) groups is 1. The molecule has 1 N–H and O–H groups in total. The lowest BCUT2D eigenvalue weighted by Gasteiger charge is -2.11. The first-order valence-electron chi connectivity index (χ1n) is 9.25. The number of benzene rings is 3. The molecule has 4 aromatic rings. The zero-order chi connectivity index (χ0) is 20.2. The quantitative estimate of drug-likeness (QED) is 0.531. The maximum atomic E-state index is 13.2. The number of ether oxygens (including phenoxy) is 1. The number of rotatable bonds is 6. The zero-order valence-corrected chi connectivity index (χ0v) is 15.9. The molecule has 6 heteroatoms. The molecule has 0 aliphatic carbocycles. The highest BCUT2D eigenvalue weighted by Crippen LogP contribution is 2.22. The molecule has 0 unspecified atom stereocenters. The van der Waals surface area contributed by atoms with Gasteiger partial charge in [0.1, 0.15) is 11.6 Å². The molecule has 29 heavy (non-hydrogen) atoms. The SMILES string of the molecule is COc1ccc(CC(=O)Nc2nc3ccccc3n2Cc2ccc(F)cc2)cc1. The molecule has 0 bridgehead atoms. The molecule has 0 spiro atoms. The van der Waals surface area contributed by atoms with E-state index >= 15 is 0 Å². The summed E-state index contributed by atoms with van der Waals surface area (Å²) in [6, 6.07) is 21.4. The van der Waals surface area contributed by atoms with E-state index in [9.17, 15) is 9.18 Å². The Balaban J connectivity index is 1.58. The Morgan fingerprint density at radius 2 is 1.69 bits per heavy atom. The number of hydrogen-bond donors (Lipinski definition) is 1. The molecule has 1 amide bonds. The minimum atomic E-state index is -0.280. The number of carbonyl (C=O) groups excluding carboxylic acids is 1. The Morgan fingerprint density at radius 1 is 1.00 bits per heavy atom. The fourth-order valence-corrected chi connectivity index (χ4v) is 3.20. The topological polar surface area (TPSA) is 56.1 Å². The van der Waals surface area contributed by atoms with Crippen LogP contribution in [0.1, 0.15) is 11.1 Å². The van der Waals surface area contributed by atoms with E-state index in [-0.39, 0.29) is 18.1 Å². The van der Waals surface area contributed by atoms with Crippen LogP contribution in [0.15, 0.2) is 72.8 Å². The first-order valence-corrected chi connectivity index (χ1v) is 9.25. The summed E-state index contributed by atoms with van der Waals surface area (Å²) in [4.78, 5) is 17.2. The van der Waals surface area contributed by atoms with Crippen LogP contribution in [0.3, 0.4) is 0 Å². The first-order chi connectivity index (χ1) is 14.1. The third-order valence-corrected chi connectivity index (χ3v) is 4.68. The molecule has 0 radical (unpaired) electrons. The van der Waals surface area contributed by atoms with Crippen molar-refractivity contribution in [3.05, 3.63) is 89.7 Å². The number of nitrogens with one attached hydrogen (secondary N) is 1. The van der Waals surface area contributed by atoms with E-state index < -0.39 is 0 Å². The molecule has 4 rings (SSSR count). The van der Waals surface area contributed by atoms with Gasteiger partial charge in [-0.05, 0) is 47.5 Å². The average Bonchev–Trinajstić information content (AvgIpc) is 3.07. The Bertz CT molecular complexity index is 1140. The number of anilines is 1. The van der Waals surface area contributed by atoms with E-state index in [1.54, 1.807) is 19.2 Å². The number of fused-ring (bicyclic) bond motifs is 1. The van der Waals surface area contributed by atoms with Crippen LogP contribution in [0.25, 0.3) is 11.0 Å². The number of amides is 1. The van der Waals surface area contributed by atoms with Crippen molar-refractivity contribution in [3.63, 3.8) is 0 Å². The molecule has 0 saturated carbocycles. The molecule has 0 saturated heterocycles. The van der Waals surface area contributed by atoms with E-state index in [1.807, 2.05) is 53.1 Å². The Kier molecular flexibility index (Phi) is 5.24. The summed E-state index contributed by atoms with van der Waals surface area (Å²) >= 11 is 0. The van der Waals surface area contributed by atoms with E-state index in [0.717, 1.165) is 27.9 Å². The summed E-state index contributed by atoms with van der Waals surface area (Å²) in [5, 5.41) is 2.92. The van der Waals surface area contributed by atoms with Gasteiger partial charge in [-0.2, -0.15) is 0 Å². The lowest BCUT2D eigenvalue weighted by Crippen LogP contribution is -2.18. The van der Waals surface area contributed by atoms with Crippen molar-refractivity contribution in [2.24, 2.45) is 0 Å². The molecular formula is C23H20FN3O2. The number of nitrogens with zero attached hydrogens (tertiary/aromatic N) is 2. The standard InChI is InChI=1S/C23H20FN3O2/c1-29-19-12-8-16(9-13-19)14-22(28)26-23-25-20-4-2-3-5-21(20)27(23)15-17-6-10-18(24)11-7-17/h2-13H,14-15H2,1H3,(H,25,26,28). The predicted octanol–water partition coefficient (Wildman–Crippen LogP) is 4.41. The van der Waals surface area contributed by atoms with Gasteiger partial charge in [0.25, 0.3) is 0 Å². The van der Waals surface area contributed by atoms with Gasteiger partial charge in [0, 0.05) is 0 Å². The summed E-state index contributed by atoms with van der Waals surface area (Å²) in [5.41, 5.74) is 3.48. The summed E-state index contributed by atoms with van der Waals surface area (Å²) in [6.07, 6.45) is 0.226. The van der Waals surface area contributed by atoms with Crippen molar-refractivity contribution in [1.82, 2.24) is 9.55 Å². The second-order valence-corrected chi connectivity index (χ2v) is 6.71. The second-order valence-electron chi connectivity index (χ2n) is 6.71. The van der Waals surface area contributed by atoms with Gasteiger partial charge in [-0.25, -0.2) is 9.37 Å². The van der Waals surface area contributed by atoms with E-state index in [2.05, 4.69) is 10.3 Å².